The number of nitro benzene ring substituents is 1. The van der Waals surface area contributed by atoms with Crippen LogP contribution in [0, 0.1) is 22.9 Å². The van der Waals surface area contributed by atoms with E-state index in [0.29, 0.717) is 0 Å². The van der Waals surface area contributed by atoms with Gasteiger partial charge in [-0.2, -0.15) is 0 Å². The van der Waals surface area contributed by atoms with Gasteiger partial charge in [0.15, 0.2) is 0 Å². The minimum absolute atomic E-state index is 0.0695. The number of hydrogen-bond acceptors (Lipinski definition) is 4. The monoisotopic (exact) mass is 281 g/mol. The van der Waals surface area contributed by atoms with E-state index in [1.54, 1.807) is 0 Å². The number of aryl methyl sites for hydroxylation is 1. The Kier molecular flexibility index (Phi) is 3.99. The summed E-state index contributed by atoms with van der Waals surface area (Å²) in [5.74, 6) is -1.39. The average Bonchev–Trinajstić information content (AvgIpc) is 2.77. The average molecular weight is 281 g/mol. The summed E-state index contributed by atoms with van der Waals surface area (Å²) in [4.78, 5) is 22.2. The highest BCUT2D eigenvalue weighted by Gasteiger charge is 2.27. The van der Waals surface area contributed by atoms with Crippen LogP contribution in [0.15, 0.2) is 12.1 Å². The fourth-order valence-corrected chi connectivity index (χ4v) is 2.44. The van der Waals surface area contributed by atoms with Crippen LogP contribution in [-0.2, 0) is 0 Å². The topological polar surface area (TPSA) is 98.3 Å². The molecule has 108 valence electrons. The molecule has 1 aliphatic rings. The maximum atomic E-state index is 14.0. The van der Waals surface area contributed by atoms with Crippen molar-refractivity contribution < 1.29 is 14.1 Å². The summed E-state index contributed by atoms with van der Waals surface area (Å²) in [5, 5.41) is 13.4. The van der Waals surface area contributed by atoms with Crippen molar-refractivity contribution in [3.8, 4) is 0 Å². The van der Waals surface area contributed by atoms with Crippen molar-refractivity contribution >= 4 is 11.6 Å². The molecule has 0 saturated heterocycles. The number of amides is 1. The Bertz CT molecular complexity index is 562. The molecule has 0 spiro atoms. The minimum Gasteiger partial charge on any atom is -0.348 e. The predicted molar refractivity (Wildman–Crippen MR) is 70.9 cm³/mol. The summed E-state index contributed by atoms with van der Waals surface area (Å²) in [6.45, 7) is 1.39. The lowest BCUT2D eigenvalue weighted by Crippen LogP contribution is -2.44. The van der Waals surface area contributed by atoms with E-state index in [4.69, 9.17) is 5.73 Å². The first-order valence-electron chi connectivity index (χ1n) is 6.41. The van der Waals surface area contributed by atoms with E-state index in [2.05, 4.69) is 5.32 Å². The Hall–Kier alpha value is -2.02. The van der Waals surface area contributed by atoms with Gasteiger partial charge in [0.25, 0.3) is 11.6 Å². The number of hydrogen-bond donors (Lipinski definition) is 2. The fourth-order valence-electron chi connectivity index (χ4n) is 2.44. The summed E-state index contributed by atoms with van der Waals surface area (Å²) in [7, 11) is 0. The van der Waals surface area contributed by atoms with E-state index in [1.807, 2.05) is 0 Å². The normalized spacial score (nSPS) is 21.8. The summed E-state index contributed by atoms with van der Waals surface area (Å²) in [6, 6.07) is 1.70. The molecule has 0 bridgehead atoms. The zero-order valence-electron chi connectivity index (χ0n) is 11.1. The first-order valence-corrected chi connectivity index (χ1v) is 6.41. The molecule has 6 nitrogen and oxygen atoms in total. The second kappa shape index (κ2) is 5.54. The molecule has 1 aromatic rings. The molecule has 3 N–H and O–H groups in total. The number of nitrogens with two attached hydrogens (primary N) is 1. The number of nitro groups is 1. The van der Waals surface area contributed by atoms with Crippen LogP contribution < -0.4 is 11.1 Å². The molecule has 1 fully saturated rings. The molecule has 0 heterocycles. The molecule has 0 radical (unpaired) electrons. The van der Waals surface area contributed by atoms with Gasteiger partial charge in [-0.15, -0.1) is 0 Å². The predicted octanol–water partition coefficient (Wildman–Crippen LogP) is 1.65. The summed E-state index contributed by atoms with van der Waals surface area (Å²) in [5.41, 5.74) is 5.29. The smallest absolute Gasteiger partial charge is 0.270 e. The van der Waals surface area contributed by atoms with Gasteiger partial charge in [-0.05, 0) is 31.7 Å². The van der Waals surface area contributed by atoms with Crippen LogP contribution in [-0.4, -0.2) is 22.9 Å². The maximum absolute atomic E-state index is 14.0. The highest BCUT2D eigenvalue weighted by Crippen LogP contribution is 2.22. The van der Waals surface area contributed by atoms with Crippen LogP contribution in [0.1, 0.15) is 35.2 Å². The van der Waals surface area contributed by atoms with E-state index in [9.17, 15) is 19.3 Å². The molecular weight excluding hydrogens is 265 g/mol. The van der Waals surface area contributed by atoms with Gasteiger partial charge in [0.2, 0.25) is 0 Å². The van der Waals surface area contributed by atoms with Crippen LogP contribution in [0.4, 0.5) is 10.1 Å². The van der Waals surface area contributed by atoms with Gasteiger partial charge in [-0.3, -0.25) is 14.9 Å². The Morgan fingerprint density at radius 2 is 2.20 bits per heavy atom. The number of rotatable bonds is 3. The van der Waals surface area contributed by atoms with Crippen molar-refractivity contribution in [1.29, 1.82) is 0 Å². The van der Waals surface area contributed by atoms with E-state index < -0.39 is 16.6 Å². The maximum Gasteiger partial charge on any atom is 0.270 e. The summed E-state index contributed by atoms with van der Waals surface area (Å²) >= 11 is 0. The molecule has 1 amide bonds. The lowest BCUT2D eigenvalue weighted by Gasteiger charge is -2.17. The molecule has 1 aliphatic carbocycles. The number of halogens is 1. The molecule has 2 unspecified atom stereocenters. The van der Waals surface area contributed by atoms with Crippen molar-refractivity contribution in [1.82, 2.24) is 5.32 Å². The van der Waals surface area contributed by atoms with Crippen molar-refractivity contribution in [2.24, 2.45) is 5.73 Å². The molecule has 2 rings (SSSR count). The highest BCUT2D eigenvalue weighted by molar-refractivity contribution is 5.95. The first-order chi connectivity index (χ1) is 9.40. The van der Waals surface area contributed by atoms with Crippen LogP contribution in [0.25, 0.3) is 0 Å². The van der Waals surface area contributed by atoms with Crippen molar-refractivity contribution in [2.75, 3.05) is 0 Å². The van der Waals surface area contributed by atoms with E-state index in [1.165, 1.54) is 6.92 Å². The Balaban J connectivity index is 2.26. The Labute approximate surface area is 115 Å². The van der Waals surface area contributed by atoms with Gasteiger partial charge in [0.05, 0.1) is 10.5 Å². The van der Waals surface area contributed by atoms with E-state index in [0.717, 1.165) is 31.4 Å². The molecule has 7 heteroatoms. The van der Waals surface area contributed by atoms with Gasteiger partial charge >= 0.3 is 0 Å². The number of benzene rings is 1. The molecule has 0 aromatic heterocycles. The number of carbonyl (C=O) groups excluding carboxylic acids is 1. The molecule has 20 heavy (non-hydrogen) atoms. The van der Waals surface area contributed by atoms with Crippen molar-refractivity contribution in [2.45, 2.75) is 38.3 Å². The number of carbonyl (C=O) groups is 1. The zero-order valence-corrected chi connectivity index (χ0v) is 11.1. The third kappa shape index (κ3) is 2.77. The largest absolute Gasteiger partial charge is 0.348 e. The number of nitrogens with zero attached hydrogens (tertiary/aromatic N) is 1. The molecule has 1 aromatic carbocycles. The van der Waals surface area contributed by atoms with Crippen LogP contribution in [0.2, 0.25) is 0 Å². The van der Waals surface area contributed by atoms with E-state index in [-0.39, 0.29) is 28.9 Å². The molecule has 0 aliphatic heterocycles. The van der Waals surface area contributed by atoms with Crippen LogP contribution in [0.3, 0.4) is 0 Å². The minimum atomic E-state index is -0.736. The van der Waals surface area contributed by atoms with Crippen LogP contribution in [0.5, 0.6) is 0 Å². The van der Waals surface area contributed by atoms with Crippen LogP contribution >= 0.6 is 0 Å². The van der Waals surface area contributed by atoms with Gasteiger partial charge in [0.1, 0.15) is 5.82 Å². The lowest BCUT2D eigenvalue weighted by atomic mass is 10.1. The van der Waals surface area contributed by atoms with Gasteiger partial charge in [0, 0.05) is 24.2 Å². The van der Waals surface area contributed by atoms with Gasteiger partial charge in [-0.25, -0.2) is 4.39 Å². The summed E-state index contributed by atoms with van der Waals surface area (Å²) in [6.07, 6.45) is 2.45. The second-order valence-corrected chi connectivity index (χ2v) is 5.06. The van der Waals surface area contributed by atoms with Gasteiger partial charge < -0.3 is 11.1 Å². The Morgan fingerprint density at radius 3 is 2.75 bits per heavy atom. The highest BCUT2D eigenvalue weighted by atomic mass is 19.1. The fraction of sp³-hybridized carbons (Fsp3) is 0.462. The number of nitrogens with one attached hydrogen (secondary N) is 1. The standard InChI is InChI=1S/C13H16FN3O3/c1-7-5-8(17(19)20)6-9(12(7)14)13(18)16-11-4-2-3-10(11)15/h5-6,10-11H,2-4,15H2,1H3,(H,16,18). The quantitative estimate of drug-likeness (QED) is 0.650. The molecule has 1 saturated carbocycles. The second-order valence-electron chi connectivity index (χ2n) is 5.06. The summed E-state index contributed by atoms with van der Waals surface area (Å²) < 4.78 is 14.0. The zero-order chi connectivity index (χ0) is 14.9. The Morgan fingerprint density at radius 1 is 1.50 bits per heavy atom. The molecular formula is C13H16FN3O3. The van der Waals surface area contributed by atoms with Gasteiger partial charge in [-0.1, -0.05) is 0 Å². The third-order valence-electron chi connectivity index (χ3n) is 3.58. The first kappa shape index (κ1) is 14.4. The van der Waals surface area contributed by atoms with Crippen molar-refractivity contribution in [3.63, 3.8) is 0 Å². The lowest BCUT2D eigenvalue weighted by molar-refractivity contribution is -0.385. The van der Waals surface area contributed by atoms with E-state index >= 15 is 0 Å². The van der Waals surface area contributed by atoms with Crippen molar-refractivity contribution in [3.05, 3.63) is 39.2 Å². The molecule has 2 atom stereocenters. The third-order valence-corrected chi connectivity index (χ3v) is 3.58. The number of non-ortho nitro benzene ring substituents is 1. The SMILES string of the molecule is Cc1cc([N+](=O)[O-])cc(C(=O)NC2CCCC2N)c1F.